The van der Waals surface area contributed by atoms with E-state index in [-0.39, 0.29) is 6.04 Å². The molecule has 0 saturated heterocycles. The molecule has 2 atom stereocenters. The summed E-state index contributed by atoms with van der Waals surface area (Å²) in [6, 6.07) is 8.38. The van der Waals surface area contributed by atoms with Gasteiger partial charge in [0, 0.05) is 6.04 Å². The molecule has 0 spiro atoms. The first-order valence-corrected chi connectivity index (χ1v) is 7.19. The maximum atomic E-state index is 10.2. The number of hydrogen-bond donors (Lipinski definition) is 2. The number of nitrogens with one attached hydrogen (secondary N) is 1. The maximum absolute atomic E-state index is 10.2. The first-order valence-electron chi connectivity index (χ1n) is 7.19. The van der Waals surface area contributed by atoms with Crippen LogP contribution in [0.1, 0.15) is 57.3 Å². The zero-order valence-corrected chi connectivity index (χ0v) is 11.9. The summed E-state index contributed by atoms with van der Waals surface area (Å²) in [5.74, 6) is 0. The average Bonchev–Trinajstić information content (AvgIpc) is 2.42. The quantitative estimate of drug-likeness (QED) is 0.692. The van der Waals surface area contributed by atoms with E-state index in [0.717, 1.165) is 18.5 Å². The van der Waals surface area contributed by atoms with Crippen molar-refractivity contribution in [3.8, 4) is 0 Å². The number of aryl methyl sites for hydroxylation is 1. The minimum Gasteiger partial charge on any atom is -0.387 e. The fourth-order valence-electron chi connectivity index (χ4n) is 2.06. The molecule has 0 aliphatic rings. The standard InChI is InChI=1S/C16H27NO/c1-4-6-7-12-17-13(3)16(18)15-10-8-14(5-2)9-11-15/h8-11,13,16-18H,4-7,12H2,1-3H3. The Balaban J connectivity index is 2.43. The highest BCUT2D eigenvalue weighted by atomic mass is 16.3. The second-order valence-corrected chi connectivity index (χ2v) is 4.99. The van der Waals surface area contributed by atoms with Gasteiger partial charge in [-0.15, -0.1) is 0 Å². The maximum Gasteiger partial charge on any atom is 0.0940 e. The SMILES string of the molecule is CCCCCNC(C)C(O)c1ccc(CC)cc1. The second kappa shape index (κ2) is 8.28. The van der Waals surface area contributed by atoms with Gasteiger partial charge in [-0.05, 0) is 37.4 Å². The number of aliphatic hydroxyl groups is 1. The first kappa shape index (κ1) is 15.2. The smallest absolute Gasteiger partial charge is 0.0940 e. The summed E-state index contributed by atoms with van der Waals surface area (Å²) >= 11 is 0. The van der Waals surface area contributed by atoms with Crippen LogP contribution >= 0.6 is 0 Å². The predicted molar refractivity (Wildman–Crippen MR) is 77.8 cm³/mol. The summed E-state index contributed by atoms with van der Waals surface area (Å²) in [7, 11) is 0. The predicted octanol–water partition coefficient (Wildman–Crippen LogP) is 3.45. The van der Waals surface area contributed by atoms with Crippen LogP contribution in [0.3, 0.4) is 0 Å². The fourth-order valence-corrected chi connectivity index (χ4v) is 2.06. The molecule has 0 fully saturated rings. The van der Waals surface area contributed by atoms with Crippen LogP contribution in [0.4, 0.5) is 0 Å². The minimum atomic E-state index is -0.419. The largest absolute Gasteiger partial charge is 0.387 e. The Bertz CT molecular complexity index is 320. The lowest BCUT2D eigenvalue weighted by Gasteiger charge is -2.21. The average molecular weight is 249 g/mol. The normalized spacial score (nSPS) is 14.4. The van der Waals surface area contributed by atoms with Gasteiger partial charge in [-0.1, -0.05) is 51.0 Å². The molecule has 2 unspecified atom stereocenters. The second-order valence-electron chi connectivity index (χ2n) is 4.99. The van der Waals surface area contributed by atoms with Crippen LogP contribution in [0.5, 0.6) is 0 Å². The van der Waals surface area contributed by atoms with Crippen molar-refractivity contribution in [1.29, 1.82) is 0 Å². The molecular formula is C16H27NO. The molecule has 1 aromatic carbocycles. The Morgan fingerprint density at radius 1 is 1.11 bits per heavy atom. The summed E-state index contributed by atoms with van der Waals surface area (Å²) in [5, 5.41) is 13.6. The third-order valence-corrected chi connectivity index (χ3v) is 3.45. The van der Waals surface area contributed by atoms with Crippen molar-refractivity contribution in [2.24, 2.45) is 0 Å². The molecular weight excluding hydrogens is 222 g/mol. The van der Waals surface area contributed by atoms with Gasteiger partial charge in [-0.25, -0.2) is 0 Å². The Labute approximate surface area is 111 Å². The summed E-state index contributed by atoms with van der Waals surface area (Å²) in [4.78, 5) is 0. The van der Waals surface area contributed by atoms with Crippen molar-refractivity contribution in [2.45, 2.75) is 58.6 Å². The molecule has 0 aliphatic heterocycles. The number of unbranched alkanes of at least 4 members (excludes halogenated alkanes) is 2. The van der Waals surface area contributed by atoms with Gasteiger partial charge in [0.25, 0.3) is 0 Å². The van der Waals surface area contributed by atoms with Crippen molar-refractivity contribution in [3.63, 3.8) is 0 Å². The molecule has 0 saturated carbocycles. The zero-order valence-electron chi connectivity index (χ0n) is 11.9. The van der Waals surface area contributed by atoms with E-state index in [1.54, 1.807) is 0 Å². The monoisotopic (exact) mass is 249 g/mol. The molecule has 102 valence electrons. The van der Waals surface area contributed by atoms with Gasteiger partial charge < -0.3 is 10.4 Å². The molecule has 0 heterocycles. The van der Waals surface area contributed by atoms with E-state index >= 15 is 0 Å². The van der Waals surface area contributed by atoms with E-state index < -0.39 is 6.10 Å². The van der Waals surface area contributed by atoms with Crippen LogP contribution in [0.2, 0.25) is 0 Å². The minimum absolute atomic E-state index is 0.106. The molecule has 1 aromatic rings. The lowest BCUT2D eigenvalue weighted by Crippen LogP contribution is -2.32. The highest BCUT2D eigenvalue weighted by Gasteiger charge is 2.15. The lowest BCUT2D eigenvalue weighted by atomic mass is 10.0. The molecule has 0 aromatic heterocycles. The van der Waals surface area contributed by atoms with Crippen molar-refractivity contribution in [2.75, 3.05) is 6.54 Å². The third kappa shape index (κ3) is 4.79. The summed E-state index contributed by atoms with van der Waals surface area (Å²) in [5.41, 5.74) is 2.32. The van der Waals surface area contributed by atoms with Crippen molar-refractivity contribution in [3.05, 3.63) is 35.4 Å². The van der Waals surface area contributed by atoms with Crippen LogP contribution in [0.25, 0.3) is 0 Å². The first-order chi connectivity index (χ1) is 8.69. The molecule has 0 aliphatic carbocycles. The Hall–Kier alpha value is -0.860. The summed E-state index contributed by atoms with van der Waals surface area (Å²) in [6.07, 6.45) is 4.29. The highest BCUT2D eigenvalue weighted by molar-refractivity contribution is 5.24. The van der Waals surface area contributed by atoms with Crippen molar-refractivity contribution < 1.29 is 5.11 Å². The van der Waals surface area contributed by atoms with E-state index in [2.05, 4.69) is 31.3 Å². The van der Waals surface area contributed by atoms with Gasteiger partial charge in [0.2, 0.25) is 0 Å². The molecule has 0 bridgehead atoms. The molecule has 2 nitrogen and oxygen atoms in total. The molecule has 2 heteroatoms. The molecule has 0 radical (unpaired) electrons. The fraction of sp³-hybridized carbons (Fsp3) is 0.625. The van der Waals surface area contributed by atoms with Gasteiger partial charge in [-0.2, -0.15) is 0 Å². The number of hydrogen-bond acceptors (Lipinski definition) is 2. The number of benzene rings is 1. The van der Waals surface area contributed by atoms with E-state index in [9.17, 15) is 5.11 Å². The molecule has 1 rings (SSSR count). The third-order valence-electron chi connectivity index (χ3n) is 3.45. The number of rotatable bonds is 8. The van der Waals surface area contributed by atoms with E-state index in [0.29, 0.717) is 0 Å². The highest BCUT2D eigenvalue weighted by Crippen LogP contribution is 2.17. The van der Waals surface area contributed by atoms with Gasteiger partial charge >= 0.3 is 0 Å². The van der Waals surface area contributed by atoms with E-state index in [4.69, 9.17) is 0 Å². The van der Waals surface area contributed by atoms with Gasteiger partial charge in [0.05, 0.1) is 6.10 Å². The van der Waals surface area contributed by atoms with Crippen LogP contribution < -0.4 is 5.32 Å². The van der Waals surface area contributed by atoms with Crippen LogP contribution in [-0.4, -0.2) is 17.7 Å². The van der Waals surface area contributed by atoms with Crippen LogP contribution in [0.15, 0.2) is 24.3 Å². The summed E-state index contributed by atoms with van der Waals surface area (Å²) < 4.78 is 0. The Morgan fingerprint density at radius 3 is 2.33 bits per heavy atom. The molecule has 18 heavy (non-hydrogen) atoms. The topological polar surface area (TPSA) is 32.3 Å². The van der Waals surface area contributed by atoms with Gasteiger partial charge in [0.15, 0.2) is 0 Å². The van der Waals surface area contributed by atoms with Crippen molar-refractivity contribution in [1.82, 2.24) is 5.32 Å². The summed E-state index contributed by atoms with van der Waals surface area (Å²) in [6.45, 7) is 7.38. The van der Waals surface area contributed by atoms with Gasteiger partial charge in [-0.3, -0.25) is 0 Å². The zero-order chi connectivity index (χ0) is 13.4. The molecule has 0 amide bonds. The van der Waals surface area contributed by atoms with Crippen LogP contribution in [0, 0.1) is 0 Å². The Morgan fingerprint density at radius 2 is 1.78 bits per heavy atom. The number of aliphatic hydroxyl groups excluding tert-OH is 1. The van der Waals surface area contributed by atoms with Crippen molar-refractivity contribution >= 4 is 0 Å². The van der Waals surface area contributed by atoms with E-state index in [1.807, 2.05) is 19.1 Å². The molecule has 2 N–H and O–H groups in total. The Kier molecular flexibility index (Phi) is 6.99. The van der Waals surface area contributed by atoms with Crippen LogP contribution in [-0.2, 0) is 6.42 Å². The van der Waals surface area contributed by atoms with E-state index in [1.165, 1.54) is 24.8 Å². The lowest BCUT2D eigenvalue weighted by molar-refractivity contribution is 0.136. The van der Waals surface area contributed by atoms with Gasteiger partial charge in [0.1, 0.15) is 0 Å².